The summed E-state index contributed by atoms with van der Waals surface area (Å²) in [6.45, 7) is 2.74. The molecule has 0 aliphatic heterocycles. The monoisotopic (exact) mass is 293 g/mol. The van der Waals surface area contributed by atoms with Crippen molar-refractivity contribution < 1.29 is 4.74 Å². The lowest BCUT2D eigenvalue weighted by molar-refractivity contribution is 0.414. The Labute approximate surface area is 130 Å². The number of fused-ring (bicyclic) bond motifs is 1. The summed E-state index contributed by atoms with van der Waals surface area (Å²) in [5.41, 5.74) is 2.13. The predicted octanol–water partition coefficient (Wildman–Crippen LogP) is 3.58. The summed E-state index contributed by atoms with van der Waals surface area (Å²) in [6, 6.07) is 16.3. The van der Waals surface area contributed by atoms with Gasteiger partial charge >= 0.3 is 0 Å². The third-order valence-corrected chi connectivity index (χ3v) is 3.77. The Kier molecular flexibility index (Phi) is 3.92. The van der Waals surface area contributed by atoms with Gasteiger partial charge in [-0.15, -0.1) is 5.10 Å². The lowest BCUT2D eigenvalue weighted by atomic mass is 10.1. The number of ether oxygens (including phenoxy) is 1. The minimum atomic E-state index is 0.749. The van der Waals surface area contributed by atoms with Crippen LogP contribution in [0.25, 0.3) is 10.8 Å². The molecule has 22 heavy (non-hydrogen) atoms. The molecule has 0 spiro atoms. The van der Waals surface area contributed by atoms with Crippen molar-refractivity contribution in [2.75, 3.05) is 19.1 Å². The van der Waals surface area contributed by atoms with E-state index in [1.54, 1.807) is 7.11 Å². The molecule has 0 bridgehead atoms. The topological polar surface area (TPSA) is 38.2 Å². The third-order valence-electron chi connectivity index (χ3n) is 3.77. The van der Waals surface area contributed by atoms with Gasteiger partial charge in [-0.1, -0.05) is 36.4 Å². The molecule has 1 aromatic heterocycles. The second-order valence-corrected chi connectivity index (χ2v) is 5.36. The van der Waals surface area contributed by atoms with E-state index in [4.69, 9.17) is 4.74 Å². The lowest BCUT2D eigenvalue weighted by Crippen LogP contribution is -2.18. The van der Waals surface area contributed by atoms with E-state index in [9.17, 15) is 0 Å². The van der Waals surface area contributed by atoms with E-state index >= 15 is 0 Å². The molecule has 0 unspecified atom stereocenters. The summed E-state index contributed by atoms with van der Waals surface area (Å²) in [6.07, 6.45) is 0. The Morgan fingerprint density at radius 3 is 2.55 bits per heavy atom. The van der Waals surface area contributed by atoms with Crippen LogP contribution in [-0.4, -0.2) is 24.4 Å². The van der Waals surface area contributed by atoms with Crippen LogP contribution in [0.5, 0.6) is 5.75 Å². The number of benzene rings is 2. The van der Waals surface area contributed by atoms with Gasteiger partial charge < -0.3 is 9.64 Å². The average Bonchev–Trinajstić information content (AvgIpc) is 2.55. The van der Waals surface area contributed by atoms with Crippen molar-refractivity contribution in [1.29, 1.82) is 0 Å². The van der Waals surface area contributed by atoms with Crippen molar-refractivity contribution in [2.45, 2.75) is 13.5 Å². The molecule has 0 radical (unpaired) electrons. The van der Waals surface area contributed by atoms with Crippen LogP contribution in [0.4, 0.5) is 5.82 Å². The molecule has 0 N–H and O–H groups in total. The van der Waals surface area contributed by atoms with Gasteiger partial charge in [-0.25, -0.2) is 0 Å². The molecule has 2 aromatic carbocycles. The number of hydrogen-bond acceptors (Lipinski definition) is 4. The fourth-order valence-electron chi connectivity index (χ4n) is 2.63. The molecule has 0 saturated heterocycles. The number of aromatic nitrogens is 2. The van der Waals surface area contributed by atoms with Crippen LogP contribution >= 0.6 is 0 Å². The van der Waals surface area contributed by atoms with Crippen LogP contribution in [0.2, 0.25) is 0 Å². The Morgan fingerprint density at radius 2 is 1.77 bits per heavy atom. The maximum atomic E-state index is 5.28. The average molecular weight is 293 g/mol. The van der Waals surface area contributed by atoms with Crippen LogP contribution in [0, 0.1) is 6.92 Å². The molecule has 4 heteroatoms. The molecule has 112 valence electrons. The van der Waals surface area contributed by atoms with Crippen LogP contribution in [0.1, 0.15) is 11.3 Å². The van der Waals surface area contributed by atoms with Gasteiger partial charge in [-0.3, -0.25) is 0 Å². The molecule has 3 aromatic rings. The van der Waals surface area contributed by atoms with Gasteiger partial charge in [0.25, 0.3) is 0 Å². The number of methoxy groups -OCH3 is 1. The second-order valence-electron chi connectivity index (χ2n) is 5.36. The number of hydrogen-bond donors (Lipinski definition) is 0. The lowest BCUT2D eigenvalue weighted by Gasteiger charge is -2.20. The SMILES string of the molecule is COc1cccc(CN(C)c2nnc(C)c3ccccc23)c1. The second kappa shape index (κ2) is 6.02. The minimum absolute atomic E-state index is 0.749. The highest BCUT2D eigenvalue weighted by atomic mass is 16.5. The molecular weight excluding hydrogens is 274 g/mol. The minimum Gasteiger partial charge on any atom is -0.497 e. The van der Waals surface area contributed by atoms with E-state index in [0.717, 1.165) is 34.6 Å². The molecule has 3 rings (SSSR count). The number of anilines is 1. The first-order valence-corrected chi connectivity index (χ1v) is 7.25. The Bertz CT molecular complexity index is 801. The third kappa shape index (κ3) is 2.72. The van der Waals surface area contributed by atoms with Crippen LogP contribution in [0.3, 0.4) is 0 Å². The summed E-state index contributed by atoms with van der Waals surface area (Å²) in [7, 11) is 3.72. The zero-order valence-electron chi connectivity index (χ0n) is 13.1. The molecule has 0 atom stereocenters. The van der Waals surface area contributed by atoms with E-state index in [-0.39, 0.29) is 0 Å². The van der Waals surface area contributed by atoms with E-state index in [2.05, 4.69) is 33.3 Å². The largest absolute Gasteiger partial charge is 0.497 e. The molecule has 0 saturated carbocycles. The van der Waals surface area contributed by atoms with Crippen molar-refractivity contribution in [3.05, 3.63) is 59.8 Å². The first-order chi connectivity index (χ1) is 10.7. The van der Waals surface area contributed by atoms with Crippen LogP contribution < -0.4 is 9.64 Å². The fraction of sp³-hybridized carbons (Fsp3) is 0.222. The van der Waals surface area contributed by atoms with Crippen molar-refractivity contribution >= 4 is 16.6 Å². The van der Waals surface area contributed by atoms with E-state index in [1.165, 1.54) is 5.56 Å². The summed E-state index contributed by atoms with van der Waals surface area (Å²) in [5, 5.41) is 10.9. The molecule has 0 amide bonds. The molecule has 0 aliphatic rings. The van der Waals surface area contributed by atoms with Crippen molar-refractivity contribution in [1.82, 2.24) is 10.2 Å². The summed E-state index contributed by atoms with van der Waals surface area (Å²) < 4.78 is 5.28. The molecule has 4 nitrogen and oxygen atoms in total. The molecular formula is C18H19N3O. The highest BCUT2D eigenvalue weighted by Gasteiger charge is 2.11. The quantitative estimate of drug-likeness (QED) is 0.737. The normalized spacial score (nSPS) is 10.7. The van der Waals surface area contributed by atoms with Crippen molar-refractivity contribution in [3.63, 3.8) is 0 Å². The summed E-state index contributed by atoms with van der Waals surface area (Å²) >= 11 is 0. The smallest absolute Gasteiger partial charge is 0.159 e. The highest BCUT2D eigenvalue weighted by Crippen LogP contribution is 2.26. The van der Waals surface area contributed by atoms with E-state index in [0.29, 0.717) is 0 Å². The molecule has 0 aliphatic carbocycles. The van der Waals surface area contributed by atoms with Crippen molar-refractivity contribution in [3.8, 4) is 5.75 Å². The van der Waals surface area contributed by atoms with Crippen LogP contribution in [0.15, 0.2) is 48.5 Å². The zero-order chi connectivity index (χ0) is 15.5. The summed E-state index contributed by atoms with van der Waals surface area (Å²) in [4.78, 5) is 2.11. The van der Waals surface area contributed by atoms with E-state index in [1.807, 2.05) is 44.3 Å². The Balaban J connectivity index is 1.95. The first-order valence-electron chi connectivity index (χ1n) is 7.25. The number of nitrogens with zero attached hydrogens (tertiary/aromatic N) is 3. The number of aryl methyl sites for hydroxylation is 1. The molecule has 1 heterocycles. The summed E-state index contributed by atoms with van der Waals surface area (Å²) in [5.74, 6) is 1.76. The van der Waals surface area contributed by atoms with Crippen molar-refractivity contribution in [2.24, 2.45) is 0 Å². The van der Waals surface area contributed by atoms with E-state index < -0.39 is 0 Å². The predicted molar refractivity (Wildman–Crippen MR) is 89.4 cm³/mol. The molecule has 0 fully saturated rings. The maximum Gasteiger partial charge on any atom is 0.159 e. The van der Waals surface area contributed by atoms with Gasteiger partial charge in [0.1, 0.15) is 5.75 Å². The van der Waals surface area contributed by atoms with Gasteiger partial charge in [0.05, 0.1) is 12.8 Å². The van der Waals surface area contributed by atoms with Gasteiger partial charge in [0.15, 0.2) is 5.82 Å². The van der Waals surface area contributed by atoms with Gasteiger partial charge in [0, 0.05) is 24.4 Å². The highest BCUT2D eigenvalue weighted by molar-refractivity contribution is 5.93. The standard InChI is InChI=1S/C18H19N3O/c1-13-16-9-4-5-10-17(16)18(20-19-13)21(2)12-14-7-6-8-15(11-14)22-3/h4-11H,12H2,1-3H3. The Morgan fingerprint density at radius 1 is 1.00 bits per heavy atom. The van der Waals surface area contributed by atoms with Gasteiger partial charge in [-0.2, -0.15) is 5.10 Å². The van der Waals surface area contributed by atoms with Gasteiger partial charge in [0.2, 0.25) is 0 Å². The first kappa shape index (κ1) is 14.3. The van der Waals surface area contributed by atoms with Crippen LogP contribution in [-0.2, 0) is 6.54 Å². The van der Waals surface area contributed by atoms with Gasteiger partial charge in [-0.05, 0) is 24.6 Å². The zero-order valence-corrected chi connectivity index (χ0v) is 13.1. The fourth-order valence-corrected chi connectivity index (χ4v) is 2.63. The number of rotatable bonds is 4. The Hall–Kier alpha value is -2.62. The maximum absolute atomic E-state index is 5.28.